The molecule has 1 aliphatic carbocycles. The van der Waals surface area contributed by atoms with Gasteiger partial charge in [0.2, 0.25) is 5.91 Å². The van der Waals surface area contributed by atoms with Gasteiger partial charge in [0.25, 0.3) is 0 Å². The fraction of sp³-hybridized carbons (Fsp3) is 0.476. The van der Waals surface area contributed by atoms with Gasteiger partial charge in [0, 0.05) is 18.4 Å². The maximum absolute atomic E-state index is 12.9. The molecule has 1 amide bonds. The molecule has 1 saturated carbocycles. The molecule has 0 radical (unpaired) electrons. The molecule has 2 aromatic rings. The number of nitrogens with two attached hydrogens (primary N) is 1. The molecule has 2 aromatic carbocycles. The fourth-order valence-corrected chi connectivity index (χ4v) is 3.71. The van der Waals surface area contributed by atoms with Crippen molar-refractivity contribution in [3.05, 3.63) is 48.0 Å². The van der Waals surface area contributed by atoms with E-state index in [2.05, 4.69) is 35.6 Å². The Labute approximate surface area is 161 Å². The maximum atomic E-state index is 12.9. The molecule has 3 rings (SSSR count). The van der Waals surface area contributed by atoms with Crippen molar-refractivity contribution in [1.82, 2.24) is 5.32 Å². The highest BCUT2D eigenvalue weighted by atomic mass is 35.5. The minimum absolute atomic E-state index is 0. The van der Waals surface area contributed by atoms with Crippen LogP contribution in [0, 0.1) is 5.41 Å². The van der Waals surface area contributed by atoms with Gasteiger partial charge in [0.15, 0.2) is 0 Å². The molecule has 142 valence electrons. The molecule has 0 aliphatic heterocycles. The summed E-state index contributed by atoms with van der Waals surface area (Å²) < 4.78 is 5.72. The summed E-state index contributed by atoms with van der Waals surface area (Å²) >= 11 is 0. The lowest BCUT2D eigenvalue weighted by molar-refractivity contribution is -0.171. The predicted octanol–water partition coefficient (Wildman–Crippen LogP) is 3.97. The molecule has 3 N–H and O–H groups in total. The summed E-state index contributed by atoms with van der Waals surface area (Å²) in [5.41, 5.74) is 6.28. The van der Waals surface area contributed by atoms with Gasteiger partial charge in [-0.25, -0.2) is 0 Å². The highest BCUT2D eigenvalue weighted by molar-refractivity contribution is 5.89. The van der Waals surface area contributed by atoms with Crippen LogP contribution < -0.4 is 11.1 Å². The van der Waals surface area contributed by atoms with Crippen molar-refractivity contribution in [1.29, 1.82) is 0 Å². The second-order valence-electron chi connectivity index (χ2n) is 7.64. The standard InChI is InChI=1S/C21H28N2O2.ClH/c1-5-25-18-13-21(22,20(18,3)4)19(24)23-14(2)16-11-10-15-8-6-7-9-17(15)12-16;/h6-12,14,18H,5,13,22H2,1-4H3,(H,23,24);1H. The summed E-state index contributed by atoms with van der Waals surface area (Å²) in [5, 5.41) is 5.47. The molecule has 3 atom stereocenters. The lowest BCUT2D eigenvalue weighted by Gasteiger charge is -2.57. The Balaban J connectivity index is 0.00000243. The van der Waals surface area contributed by atoms with Gasteiger partial charge in [-0.1, -0.05) is 50.2 Å². The van der Waals surface area contributed by atoms with Gasteiger partial charge >= 0.3 is 0 Å². The number of fused-ring (bicyclic) bond motifs is 1. The van der Waals surface area contributed by atoms with Crippen LogP contribution >= 0.6 is 12.4 Å². The Morgan fingerprint density at radius 3 is 2.54 bits per heavy atom. The third-order valence-corrected chi connectivity index (χ3v) is 5.86. The highest BCUT2D eigenvalue weighted by Gasteiger charge is 2.62. The van der Waals surface area contributed by atoms with E-state index in [1.165, 1.54) is 10.8 Å². The number of nitrogens with one attached hydrogen (secondary N) is 1. The molecule has 3 unspecified atom stereocenters. The fourth-order valence-electron chi connectivity index (χ4n) is 3.71. The molecule has 4 nitrogen and oxygen atoms in total. The third kappa shape index (κ3) is 3.34. The molecular weight excluding hydrogens is 348 g/mol. The molecule has 5 heteroatoms. The van der Waals surface area contributed by atoms with E-state index >= 15 is 0 Å². The van der Waals surface area contributed by atoms with Crippen LogP contribution in [0.1, 0.15) is 45.7 Å². The van der Waals surface area contributed by atoms with Crippen LogP contribution in [0.3, 0.4) is 0 Å². The number of carbonyl (C=O) groups is 1. The van der Waals surface area contributed by atoms with Crippen LogP contribution in [-0.4, -0.2) is 24.2 Å². The first-order chi connectivity index (χ1) is 11.8. The Bertz CT molecular complexity index is 792. The quantitative estimate of drug-likeness (QED) is 0.829. The van der Waals surface area contributed by atoms with E-state index in [9.17, 15) is 4.79 Å². The van der Waals surface area contributed by atoms with Gasteiger partial charge in [0.05, 0.1) is 12.1 Å². The van der Waals surface area contributed by atoms with Crippen LogP contribution in [-0.2, 0) is 9.53 Å². The molecule has 0 heterocycles. The SMILES string of the molecule is CCOC1CC(N)(C(=O)NC(C)c2ccc3ccccc3c2)C1(C)C.Cl. The molecule has 1 fully saturated rings. The number of amides is 1. The van der Waals surface area contributed by atoms with Gasteiger partial charge in [-0.2, -0.15) is 0 Å². The molecule has 0 aromatic heterocycles. The number of ether oxygens (including phenoxy) is 1. The Hall–Kier alpha value is -1.62. The summed E-state index contributed by atoms with van der Waals surface area (Å²) in [6.07, 6.45) is 0.591. The Kier molecular flexibility index (Phi) is 6.01. The summed E-state index contributed by atoms with van der Waals surface area (Å²) in [7, 11) is 0. The first kappa shape index (κ1) is 20.7. The number of rotatable bonds is 5. The van der Waals surface area contributed by atoms with Gasteiger partial charge in [-0.15, -0.1) is 12.4 Å². The van der Waals surface area contributed by atoms with Crippen LogP contribution in [0.5, 0.6) is 0 Å². The normalized spacial score (nSPS) is 25.0. The molecular formula is C21H29ClN2O2. The van der Waals surface area contributed by atoms with E-state index in [1.54, 1.807) is 0 Å². The minimum atomic E-state index is -0.891. The average molecular weight is 377 g/mol. The molecule has 0 bridgehead atoms. The van der Waals surface area contributed by atoms with Crippen molar-refractivity contribution in [3.8, 4) is 0 Å². The van der Waals surface area contributed by atoms with Gasteiger partial charge in [-0.3, -0.25) is 4.79 Å². The van der Waals surface area contributed by atoms with Crippen molar-refractivity contribution in [2.45, 2.75) is 51.8 Å². The molecule has 0 saturated heterocycles. The zero-order valence-corrected chi connectivity index (χ0v) is 16.7. The number of hydrogen-bond donors (Lipinski definition) is 2. The predicted molar refractivity (Wildman–Crippen MR) is 108 cm³/mol. The van der Waals surface area contributed by atoms with E-state index in [0.717, 1.165) is 5.56 Å². The first-order valence-electron chi connectivity index (χ1n) is 8.99. The van der Waals surface area contributed by atoms with Crippen molar-refractivity contribution >= 4 is 29.1 Å². The van der Waals surface area contributed by atoms with Gasteiger partial charge in [0.1, 0.15) is 5.54 Å². The zero-order chi connectivity index (χ0) is 18.2. The smallest absolute Gasteiger partial charge is 0.241 e. The van der Waals surface area contributed by atoms with E-state index in [4.69, 9.17) is 10.5 Å². The van der Waals surface area contributed by atoms with Crippen LogP contribution in [0.4, 0.5) is 0 Å². The van der Waals surface area contributed by atoms with Crippen molar-refractivity contribution < 1.29 is 9.53 Å². The van der Waals surface area contributed by atoms with E-state index in [-0.39, 0.29) is 35.9 Å². The van der Waals surface area contributed by atoms with Gasteiger partial charge < -0.3 is 15.8 Å². The number of benzene rings is 2. The number of hydrogen-bond acceptors (Lipinski definition) is 3. The lowest BCUT2D eigenvalue weighted by Crippen LogP contribution is -2.75. The second-order valence-corrected chi connectivity index (χ2v) is 7.64. The van der Waals surface area contributed by atoms with Crippen molar-refractivity contribution in [2.75, 3.05) is 6.61 Å². The van der Waals surface area contributed by atoms with Crippen molar-refractivity contribution in [2.24, 2.45) is 11.1 Å². The first-order valence-corrected chi connectivity index (χ1v) is 8.99. The highest BCUT2D eigenvalue weighted by Crippen LogP contribution is 2.50. The maximum Gasteiger partial charge on any atom is 0.241 e. The molecule has 26 heavy (non-hydrogen) atoms. The van der Waals surface area contributed by atoms with Crippen molar-refractivity contribution in [3.63, 3.8) is 0 Å². The third-order valence-electron chi connectivity index (χ3n) is 5.86. The van der Waals surface area contributed by atoms with Crippen LogP contribution in [0.25, 0.3) is 10.8 Å². The summed E-state index contributed by atoms with van der Waals surface area (Å²) in [5.74, 6) is -0.103. The van der Waals surface area contributed by atoms with Crippen LogP contribution in [0.2, 0.25) is 0 Å². The topological polar surface area (TPSA) is 64.3 Å². The second kappa shape index (κ2) is 7.55. The largest absolute Gasteiger partial charge is 0.378 e. The Morgan fingerprint density at radius 2 is 1.92 bits per heavy atom. The monoisotopic (exact) mass is 376 g/mol. The van der Waals surface area contributed by atoms with E-state index in [1.807, 2.05) is 39.8 Å². The minimum Gasteiger partial charge on any atom is -0.378 e. The van der Waals surface area contributed by atoms with Gasteiger partial charge in [-0.05, 0) is 36.2 Å². The molecule has 1 aliphatic rings. The summed E-state index contributed by atoms with van der Waals surface area (Å²) in [4.78, 5) is 12.9. The number of carbonyl (C=O) groups excluding carboxylic acids is 1. The molecule has 0 spiro atoms. The average Bonchev–Trinajstić information content (AvgIpc) is 2.60. The van der Waals surface area contributed by atoms with Crippen LogP contribution in [0.15, 0.2) is 42.5 Å². The summed E-state index contributed by atoms with van der Waals surface area (Å²) in [6.45, 7) is 8.62. The van der Waals surface area contributed by atoms with E-state index < -0.39 is 5.54 Å². The summed E-state index contributed by atoms with van der Waals surface area (Å²) in [6, 6.07) is 14.4. The van der Waals surface area contributed by atoms with E-state index in [0.29, 0.717) is 13.0 Å². The zero-order valence-electron chi connectivity index (χ0n) is 15.9. The number of halogens is 1. The Morgan fingerprint density at radius 1 is 1.27 bits per heavy atom. The lowest BCUT2D eigenvalue weighted by atomic mass is 9.54.